The predicted octanol–water partition coefficient (Wildman–Crippen LogP) is 8.80. The van der Waals surface area contributed by atoms with Gasteiger partial charge in [-0.25, -0.2) is 9.59 Å². The van der Waals surface area contributed by atoms with Gasteiger partial charge in [0.2, 0.25) is 0 Å². The van der Waals surface area contributed by atoms with E-state index in [0.29, 0.717) is 37.1 Å². The Balaban J connectivity index is 4.37. The molecular weight excluding hydrogens is 765 g/mol. The molecule has 0 aromatic carbocycles. The van der Waals surface area contributed by atoms with Crippen molar-refractivity contribution in [2.24, 2.45) is 0 Å². The van der Waals surface area contributed by atoms with Gasteiger partial charge < -0.3 is 37.4 Å². The minimum atomic E-state index is -4.67. The van der Waals surface area contributed by atoms with E-state index in [1.54, 1.807) is 24.3 Å². The summed E-state index contributed by atoms with van der Waals surface area (Å²) in [6.07, 6.45) is 30.0. The number of allylic oxidation sites excluding steroid dienone is 6. The zero-order valence-electron chi connectivity index (χ0n) is 36.4. The Labute approximate surface area is 349 Å². The van der Waals surface area contributed by atoms with Gasteiger partial charge in [-0.05, 0) is 39.5 Å². The number of likely N-dealkylation sites (N-methyl/N-ethyl adjacent to an activating group) is 1. The number of phosphoric ester groups is 1. The van der Waals surface area contributed by atoms with Gasteiger partial charge in [0, 0.05) is 25.0 Å². The van der Waals surface area contributed by atoms with Gasteiger partial charge in [-0.15, -0.1) is 0 Å². The molecule has 0 bridgehead atoms. The molecule has 0 radical (unpaired) electrons. The maximum absolute atomic E-state index is 12.7. The molecule has 334 valence electrons. The number of quaternary nitrogens is 1. The van der Waals surface area contributed by atoms with Crippen molar-refractivity contribution in [2.75, 3.05) is 60.7 Å². The van der Waals surface area contributed by atoms with E-state index in [1.165, 1.54) is 12.2 Å². The SMILES string of the molecule is C/C=C/C=C/C(=O)OCCCCCCCCCCCC(=O)OC[C@H](COP(=O)([O-])OCC[N+](C)(C)C)OC(=O)CCCCCCCCCCCOC(=O)/C=C/C=C/C. The second kappa shape index (κ2) is 36.9. The molecular formula is C44H76NO12P. The molecule has 0 aromatic heterocycles. The first-order chi connectivity index (χ1) is 27.8. The Bertz CT molecular complexity index is 1260. The zero-order valence-corrected chi connectivity index (χ0v) is 37.3. The predicted molar refractivity (Wildman–Crippen MR) is 225 cm³/mol. The highest BCUT2D eigenvalue weighted by molar-refractivity contribution is 7.45. The largest absolute Gasteiger partial charge is 0.756 e. The molecule has 0 aliphatic heterocycles. The fourth-order valence-corrected chi connectivity index (χ4v) is 6.14. The number of ether oxygens (including phenoxy) is 4. The monoisotopic (exact) mass is 842 g/mol. The Morgan fingerprint density at radius 3 is 1.38 bits per heavy atom. The van der Waals surface area contributed by atoms with Gasteiger partial charge in [0.1, 0.15) is 19.8 Å². The lowest BCUT2D eigenvalue weighted by atomic mass is 10.1. The maximum atomic E-state index is 12.7. The van der Waals surface area contributed by atoms with Crippen molar-refractivity contribution in [1.29, 1.82) is 0 Å². The van der Waals surface area contributed by atoms with Crippen molar-refractivity contribution in [1.82, 2.24) is 0 Å². The van der Waals surface area contributed by atoms with Crippen LogP contribution in [0.15, 0.2) is 48.6 Å². The number of hydrogen-bond acceptors (Lipinski definition) is 12. The summed E-state index contributed by atoms with van der Waals surface area (Å²) in [5, 5.41) is 0. The van der Waals surface area contributed by atoms with Gasteiger partial charge in [0.15, 0.2) is 6.10 Å². The molecule has 0 aliphatic carbocycles. The van der Waals surface area contributed by atoms with Gasteiger partial charge in [-0.1, -0.05) is 126 Å². The molecule has 13 nitrogen and oxygen atoms in total. The smallest absolute Gasteiger partial charge is 0.330 e. The maximum Gasteiger partial charge on any atom is 0.330 e. The lowest BCUT2D eigenvalue weighted by Crippen LogP contribution is -2.37. The van der Waals surface area contributed by atoms with E-state index in [-0.39, 0.29) is 38.0 Å². The van der Waals surface area contributed by atoms with Gasteiger partial charge >= 0.3 is 23.9 Å². The Morgan fingerprint density at radius 1 is 0.534 bits per heavy atom. The highest BCUT2D eigenvalue weighted by Gasteiger charge is 2.21. The topological polar surface area (TPSA) is 164 Å². The summed E-state index contributed by atoms with van der Waals surface area (Å²) in [5.41, 5.74) is 0. The minimum absolute atomic E-state index is 0.0645. The van der Waals surface area contributed by atoms with Crippen LogP contribution in [0, 0.1) is 0 Å². The lowest BCUT2D eigenvalue weighted by molar-refractivity contribution is -0.870. The van der Waals surface area contributed by atoms with Crippen LogP contribution in [0.25, 0.3) is 0 Å². The van der Waals surface area contributed by atoms with Gasteiger partial charge in [-0.3, -0.25) is 14.2 Å². The van der Waals surface area contributed by atoms with E-state index in [4.69, 9.17) is 28.0 Å². The fraction of sp³-hybridized carbons (Fsp3) is 0.727. The van der Waals surface area contributed by atoms with Crippen molar-refractivity contribution in [3.63, 3.8) is 0 Å². The Hall–Kier alpha value is -3.09. The number of phosphoric acid groups is 1. The van der Waals surface area contributed by atoms with Crippen LogP contribution in [-0.2, 0) is 51.7 Å². The second-order valence-electron chi connectivity index (χ2n) is 15.4. The molecule has 0 aromatic rings. The van der Waals surface area contributed by atoms with Crippen molar-refractivity contribution in [3.8, 4) is 0 Å². The number of carbonyl (C=O) groups is 4. The van der Waals surface area contributed by atoms with Gasteiger partial charge in [-0.2, -0.15) is 0 Å². The average molecular weight is 842 g/mol. The zero-order chi connectivity index (χ0) is 43.2. The summed E-state index contributed by atoms with van der Waals surface area (Å²) < 4.78 is 44.1. The summed E-state index contributed by atoms with van der Waals surface area (Å²) in [5.74, 6) is -1.60. The van der Waals surface area contributed by atoms with Gasteiger partial charge in [0.25, 0.3) is 7.82 Å². The van der Waals surface area contributed by atoms with Crippen molar-refractivity contribution >= 4 is 31.7 Å². The molecule has 0 N–H and O–H groups in total. The molecule has 0 aliphatic rings. The molecule has 0 saturated heterocycles. The fourth-order valence-electron chi connectivity index (χ4n) is 5.41. The molecule has 2 atom stereocenters. The number of hydrogen-bond donors (Lipinski definition) is 0. The first-order valence-electron chi connectivity index (χ1n) is 21.5. The molecule has 0 rings (SSSR count). The summed E-state index contributed by atoms with van der Waals surface area (Å²) in [6.45, 7) is 4.16. The van der Waals surface area contributed by atoms with Crippen LogP contribution in [0.5, 0.6) is 0 Å². The lowest BCUT2D eigenvalue weighted by Gasteiger charge is -2.28. The van der Waals surface area contributed by atoms with E-state index in [0.717, 1.165) is 103 Å². The van der Waals surface area contributed by atoms with E-state index in [9.17, 15) is 28.6 Å². The third-order valence-corrected chi connectivity index (χ3v) is 9.73. The van der Waals surface area contributed by atoms with Crippen LogP contribution >= 0.6 is 7.82 Å². The first-order valence-corrected chi connectivity index (χ1v) is 22.9. The highest BCUT2D eigenvalue weighted by atomic mass is 31.2. The first kappa shape index (κ1) is 54.9. The normalized spacial score (nSPS) is 13.7. The van der Waals surface area contributed by atoms with Crippen LogP contribution in [0.2, 0.25) is 0 Å². The Kier molecular flexibility index (Phi) is 35.0. The summed E-state index contributed by atoms with van der Waals surface area (Å²) in [6, 6.07) is 0. The molecule has 58 heavy (non-hydrogen) atoms. The van der Waals surface area contributed by atoms with Crippen molar-refractivity contribution in [2.45, 2.75) is 148 Å². The third-order valence-electron chi connectivity index (χ3n) is 8.77. The highest BCUT2D eigenvalue weighted by Crippen LogP contribution is 2.38. The van der Waals surface area contributed by atoms with E-state index >= 15 is 0 Å². The minimum Gasteiger partial charge on any atom is -0.756 e. The number of rotatable bonds is 38. The standard InChI is InChI=1S/C44H76NO12P/c1-6-8-24-30-41(46)52-35-28-22-18-14-10-12-16-20-26-32-43(48)54-38-40(39-56-58(50,51)55-37-34-45(3,4)5)57-44(49)33-27-21-17-13-11-15-19-23-29-36-53-42(47)31-25-9-7-2/h6-9,24-25,30-31,40H,10-23,26-29,32-39H2,1-5H3/b8-6+,9-7+,30-24+,31-25+/t40-/m1/s1. The number of unbranched alkanes of at least 4 members (excludes halogenated alkanes) is 16. The summed E-state index contributed by atoms with van der Waals surface area (Å²) in [4.78, 5) is 60.6. The van der Waals surface area contributed by atoms with E-state index in [1.807, 2.05) is 47.1 Å². The molecule has 0 spiro atoms. The van der Waals surface area contributed by atoms with E-state index in [2.05, 4.69) is 0 Å². The number of esters is 4. The second-order valence-corrected chi connectivity index (χ2v) is 16.8. The van der Waals surface area contributed by atoms with Crippen LogP contribution in [-0.4, -0.2) is 95.2 Å². The number of carbonyl (C=O) groups excluding carboxylic acids is 4. The summed E-state index contributed by atoms with van der Waals surface area (Å²) in [7, 11) is 1.05. The molecule has 0 fully saturated rings. The third kappa shape index (κ3) is 39.7. The van der Waals surface area contributed by atoms with Crippen LogP contribution < -0.4 is 4.89 Å². The molecule has 0 heterocycles. The van der Waals surface area contributed by atoms with Crippen LogP contribution in [0.4, 0.5) is 0 Å². The average Bonchev–Trinajstić information content (AvgIpc) is 3.16. The quantitative estimate of drug-likeness (QED) is 0.0111. The molecule has 0 amide bonds. The molecule has 0 saturated carbocycles. The Morgan fingerprint density at radius 2 is 0.948 bits per heavy atom. The molecule has 1 unspecified atom stereocenters. The number of nitrogens with zero attached hydrogens (tertiary/aromatic N) is 1. The van der Waals surface area contributed by atoms with Crippen LogP contribution in [0.3, 0.4) is 0 Å². The van der Waals surface area contributed by atoms with Crippen molar-refractivity contribution in [3.05, 3.63) is 48.6 Å². The molecule has 14 heteroatoms. The van der Waals surface area contributed by atoms with Gasteiger partial charge in [0.05, 0.1) is 41.0 Å². The van der Waals surface area contributed by atoms with Crippen LogP contribution in [0.1, 0.15) is 142 Å². The van der Waals surface area contributed by atoms with E-state index < -0.39 is 32.5 Å². The summed E-state index contributed by atoms with van der Waals surface area (Å²) >= 11 is 0. The van der Waals surface area contributed by atoms with Crippen molar-refractivity contribution < 1.29 is 61.1 Å².